The van der Waals surface area contributed by atoms with Crippen molar-refractivity contribution in [1.29, 1.82) is 0 Å². The van der Waals surface area contributed by atoms with E-state index in [1.807, 2.05) is 6.92 Å². The summed E-state index contributed by atoms with van der Waals surface area (Å²) in [6.07, 6.45) is -1.14. The highest BCUT2D eigenvalue weighted by Crippen LogP contribution is 2.23. The monoisotopic (exact) mass is 326 g/mol. The van der Waals surface area contributed by atoms with E-state index >= 15 is 0 Å². The molecule has 0 bridgehead atoms. The molecule has 2 aromatic heterocycles. The zero-order valence-electron chi connectivity index (χ0n) is 12.4. The Hall–Kier alpha value is -2.01. The largest absolute Gasteiger partial charge is 0.476 e. The molecular weight excluding hydrogens is 308 g/mol. The summed E-state index contributed by atoms with van der Waals surface area (Å²) in [4.78, 5) is 17.7. The fourth-order valence-electron chi connectivity index (χ4n) is 2.24. The van der Waals surface area contributed by atoms with E-state index in [9.17, 15) is 10.2 Å². The van der Waals surface area contributed by atoms with E-state index in [0.29, 0.717) is 23.7 Å². The van der Waals surface area contributed by atoms with Gasteiger partial charge in [-0.05, 0) is 6.42 Å². The molecule has 1 aliphatic rings. The third kappa shape index (κ3) is 2.93. The lowest BCUT2D eigenvalue weighted by Gasteiger charge is -2.16. The van der Waals surface area contributed by atoms with Crippen LogP contribution >= 0.6 is 0 Å². The molecule has 1 fully saturated rings. The van der Waals surface area contributed by atoms with Crippen molar-refractivity contribution in [3.63, 3.8) is 0 Å². The van der Waals surface area contributed by atoms with Crippen molar-refractivity contribution in [3.05, 3.63) is 12.7 Å². The van der Waals surface area contributed by atoms with Crippen LogP contribution in [0.5, 0.6) is 5.88 Å². The topological polar surface area (TPSA) is 132 Å². The van der Waals surface area contributed by atoms with E-state index in [4.69, 9.17) is 19.4 Å². The van der Waals surface area contributed by atoms with Gasteiger partial charge in [0, 0.05) is 0 Å². The molecule has 10 nitrogen and oxygen atoms in total. The number of aliphatic hydroxyl groups is 3. The van der Waals surface area contributed by atoms with Crippen molar-refractivity contribution in [2.75, 3.05) is 13.2 Å². The van der Waals surface area contributed by atoms with E-state index in [2.05, 4.69) is 15.0 Å². The molecule has 3 rings (SSSR count). The van der Waals surface area contributed by atoms with E-state index < -0.39 is 31.2 Å². The van der Waals surface area contributed by atoms with Gasteiger partial charge in [0.25, 0.3) is 6.29 Å². The molecule has 3 N–H and O–H groups in total. The summed E-state index contributed by atoms with van der Waals surface area (Å²) in [5.41, 5.74) is 0.747. The van der Waals surface area contributed by atoms with Crippen LogP contribution in [-0.2, 0) is 4.74 Å². The third-order valence-electron chi connectivity index (χ3n) is 3.43. The number of hydrogen-bond acceptors (Lipinski definition) is 9. The van der Waals surface area contributed by atoms with Gasteiger partial charge < -0.3 is 29.6 Å². The average molecular weight is 326 g/mol. The van der Waals surface area contributed by atoms with Crippen LogP contribution in [0.4, 0.5) is 0 Å². The standard InChI is InChI=1S/C13H18N4O6/c1-2-3-21-12-8-11(14-5-15-12)17(6-16-8)23-13-10(20)9(19)7(4-18)22-13/h5-7,9-10,13,18-20H,2-4H2,1H3/t7-,9-,10+,13+/m1/s1. The van der Waals surface area contributed by atoms with Gasteiger partial charge in [-0.2, -0.15) is 4.98 Å². The lowest BCUT2D eigenvalue weighted by atomic mass is 10.1. The number of ether oxygens (including phenoxy) is 2. The van der Waals surface area contributed by atoms with Gasteiger partial charge in [-0.15, -0.1) is 4.73 Å². The number of nitrogens with zero attached hydrogens (tertiary/aromatic N) is 4. The second-order valence-corrected chi connectivity index (χ2v) is 5.08. The molecule has 0 aliphatic carbocycles. The van der Waals surface area contributed by atoms with Crippen LogP contribution in [0.1, 0.15) is 13.3 Å². The van der Waals surface area contributed by atoms with Crippen molar-refractivity contribution in [1.82, 2.24) is 19.7 Å². The van der Waals surface area contributed by atoms with Gasteiger partial charge in [-0.25, -0.2) is 9.97 Å². The van der Waals surface area contributed by atoms with Crippen molar-refractivity contribution in [2.24, 2.45) is 0 Å². The molecule has 0 unspecified atom stereocenters. The second kappa shape index (κ2) is 6.62. The number of aromatic nitrogens is 4. The lowest BCUT2D eigenvalue weighted by molar-refractivity contribution is -0.169. The molecule has 0 saturated carbocycles. The Morgan fingerprint density at radius 3 is 2.78 bits per heavy atom. The molecule has 4 atom stereocenters. The third-order valence-corrected chi connectivity index (χ3v) is 3.43. The van der Waals surface area contributed by atoms with Gasteiger partial charge in [-0.3, -0.25) is 0 Å². The molecule has 23 heavy (non-hydrogen) atoms. The highest BCUT2D eigenvalue weighted by molar-refractivity contribution is 5.75. The van der Waals surface area contributed by atoms with E-state index in [-0.39, 0.29) is 0 Å². The maximum Gasteiger partial charge on any atom is 0.254 e. The molecule has 0 spiro atoms. The Morgan fingerprint density at radius 2 is 2.09 bits per heavy atom. The van der Waals surface area contributed by atoms with Crippen LogP contribution in [0.25, 0.3) is 11.2 Å². The molecule has 126 valence electrons. The van der Waals surface area contributed by atoms with Crippen LogP contribution in [0, 0.1) is 0 Å². The SMILES string of the molecule is CCCOc1ncnc2c1ncn2O[C@@H]1O[C@H](CO)[C@@H](O)[C@@H]1O. The van der Waals surface area contributed by atoms with Gasteiger partial charge in [0.1, 0.15) is 31.0 Å². The molecule has 10 heteroatoms. The number of rotatable bonds is 6. The molecule has 2 aromatic rings. The summed E-state index contributed by atoms with van der Waals surface area (Å²) in [7, 11) is 0. The van der Waals surface area contributed by atoms with E-state index in [1.54, 1.807) is 0 Å². The van der Waals surface area contributed by atoms with Crippen molar-refractivity contribution in [3.8, 4) is 5.88 Å². The second-order valence-electron chi connectivity index (χ2n) is 5.08. The Labute approximate surface area is 131 Å². The summed E-state index contributed by atoms with van der Waals surface area (Å²) in [6.45, 7) is 2.04. The first-order chi connectivity index (χ1) is 11.2. The van der Waals surface area contributed by atoms with Gasteiger partial charge >= 0.3 is 0 Å². The van der Waals surface area contributed by atoms with E-state index in [0.717, 1.165) is 6.42 Å². The zero-order chi connectivity index (χ0) is 16.4. The molecule has 3 heterocycles. The summed E-state index contributed by atoms with van der Waals surface area (Å²) >= 11 is 0. The fourth-order valence-corrected chi connectivity index (χ4v) is 2.24. The average Bonchev–Trinajstić information content (AvgIpc) is 3.10. The summed E-state index contributed by atoms with van der Waals surface area (Å²) in [6, 6.07) is 0. The smallest absolute Gasteiger partial charge is 0.254 e. The highest BCUT2D eigenvalue weighted by atomic mass is 16.8. The maximum absolute atomic E-state index is 9.90. The number of hydrogen-bond donors (Lipinski definition) is 3. The first-order valence-corrected chi connectivity index (χ1v) is 7.26. The minimum atomic E-state index is -1.30. The van der Waals surface area contributed by atoms with Crippen LogP contribution < -0.4 is 9.57 Å². The summed E-state index contributed by atoms with van der Waals surface area (Å²) < 4.78 is 11.9. The molecule has 1 saturated heterocycles. The fraction of sp³-hybridized carbons (Fsp3) is 0.615. The van der Waals surface area contributed by atoms with Crippen LogP contribution in [0.15, 0.2) is 12.7 Å². The molecule has 0 aromatic carbocycles. The number of aliphatic hydroxyl groups excluding tert-OH is 3. The number of fused-ring (bicyclic) bond motifs is 1. The van der Waals surface area contributed by atoms with Gasteiger partial charge in [-0.1, -0.05) is 6.92 Å². The first kappa shape index (κ1) is 15.9. The quantitative estimate of drug-likeness (QED) is 0.579. The predicted molar refractivity (Wildman–Crippen MR) is 75.4 cm³/mol. The Morgan fingerprint density at radius 1 is 1.26 bits per heavy atom. The zero-order valence-corrected chi connectivity index (χ0v) is 12.4. The number of imidazole rings is 1. The lowest BCUT2D eigenvalue weighted by Crippen LogP contribution is -2.38. The Kier molecular flexibility index (Phi) is 4.57. The van der Waals surface area contributed by atoms with Crippen molar-refractivity contribution >= 4 is 11.2 Å². The van der Waals surface area contributed by atoms with Crippen molar-refractivity contribution < 1.29 is 29.6 Å². The van der Waals surface area contributed by atoms with Crippen LogP contribution in [0.2, 0.25) is 0 Å². The molecule has 0 amide bonds. The molecule has 0 radical (unpaired) electrons. The van der Waals surface area contributed by atoms with Gasteiger partial charge in [0.2, 0.25) is 11.5 Å². The minimum Gasteiger partial charge on any atom is -0.476 e. The van der Waals surface area contributed by atoms with Gasteiger partial charge in [0.05, 0.1) is 13.2 Å². The van der Waals surface area contributed by atoms with E-state index in [1.165, 1.54) is 17.4 Å². The van der Waals surface area contributed by atoms with Crippen molar-refractivity contribution in [2.45, 2.75) is 37.9 Å². The Balaban J connectivity index is 1.81. The molecule has 1 aliphatic heterocycles. The van der Waals surface area contributed by atoms with Gasteiger partial charge in [0.15, 0.2) is 5.52 Å². The normalized spacial score (nSPS) is 27.5. The Bertz CT molecular complexity index is 665. The molecular formula is C13H18N4O6. The highest BCUT2D eigenvalue weighted by Gasteiger charge is 2.44. The summed E-state index contributed by atoms with van der Waals surface area (Å²) in [5, 5.41) is 28.7. The van der Waals surface area contributed by atoms with Crippen LogP contribution in [-0.4, -0.2) is 72.8 Å². The minimum absolute atomic E-state index is 0.334. The predicted octanol–water partition coefficient (Wildman–Crippen LogP) is -1.52. The summed E-state index contributed by atoms with van der Waals surface area (Å²) in [5.74, 6) is 0.334. The van der Waals surface area contributed by atoms with Crippen LogP contribution in [0.3, 0.4) is 0 Å². The first-order valence-electron chi connectivity index (χ1n) is 7.26. The maximum atomic E-state index is 9.90.